The number of hydrogen-bond donors (Lipinski definition) is 0. The maximum atomic E-state index is 15.4. The second-order valence-electron chi connectivity index (χ2n) is 9.26. The molecule has 31 heavy (non-hydrogen) atoms. The molecule has 0 saturated heterocycles. The van der Waals surface area contributed by atoms with Crippen molar-refractivity contribution in [3.8, 4) is 33.4 Å². The van der Waals surface area contributed by atoms with E-state index in [-0.39, 0.29) is 11.1 Å². The van der Waals surface area contributed by atoms with Crippen LogP contribution in [0, 0.1) is 23.4 Å². The average molecular weight is 421 g/mol. The molecule has 1 saturated carbocycles. The highest BCUT2D eigenvalue weighted by Gasteiger charge is 2.33. The lowest BCUT2D eigenvalue weighted by Crippen LogP contribution is -2.11. The largest absolute Gasteiger partial charge is 0.206 e. The number of halogens is 3. The first-order valence-electron chi connectivity index (χ1n) is 11.4. The van der Waals surface area contributed by atoms with Gasteiger partial charge in [-0.1, -0.05) is 69.5 Å². The molecule has 160 valence electrons. The molecule has 0 atom stereocenters. The van der Waals surface area contributed by atoms with Gasteiger partial charge in [0.2, 0.25) is 0 Å². The Bertz CT molecular complexity index is 1140. The van der Waals surface area contributed by atoms with Gasteiger partial charge in [-0.15, -0.1) is 0 Å². The molecule has 0 amide bonds. The van der Waals surface area contributed by atoms with Crippen molar-refractivity contribution in [2.45, 2.75) is 58.3 Å². The standard InChI is InChI=1S/C28H27F3/c1-3-4-20-15-23-22-14-13-21(27(30)24(22)25(23)28(31)26(20)29)19-11-9-18(10-12-19)17-7-5-16(2)6-8-17/h9-17H,3-8H2,1-2H3. The van der Waals surface area contributed by atoms with Crippen LogP contribution in [0.4, 0.5) is 13.2 Å². The molecule has 0 heterocycles. The summed E-state index contributed by atoms with van der Waals surface area (Å²) in [6.45, 7) is 4.24. The van der Waals surface area contributed by atoms with Gasteiger partial charge in [-0.2, -0.15) is 0 Å². The van der Waals surface area contributed by atoms with Crippen LogP contribution in [-0.2, 0) is 6.42 Å². The van der Waals surface area contributed by atoms with Crippen LogP contribution in [-0.4, -0.2) is 0 Å². The molecule has 3 aromatic carbocycles. The third-order valence-electron chi connectivity index (χ3n) is 7.19. The number of rotatable bonds is 4. The topological polar surface area (TPSA) is 0 Å². The van der Waals surface area contributed by atoms with Crippen molar-refractivity contribution < 1.29 is 13.2 Å². The molecular weight excluding hydrogens is 393 g/mol. The molecule has 0 bridgehead atoms. The fourth-order valence-corrected chi connectivity index (χ4v) is 5.32. The molecule has 0 radical (unpaired) electrons. The molecule has 5 rings (SSSR count). The second kappa shape index (κ2) is 7.85. The first-order chi connectivity index (χ1) is 15.0. The lowest BCUT2D eigenvalue weighted by Gasteiger charge is -2.28. The summed E-state index contributed by atoms with van der Waals surface area (Å²) in [6.07, 6.45) is 6.12. The fraction of sp³-hybridized carbons (Fsp3) is 0.357. The molecule has 0 unspecified atom stereocenters. The van der Waals surface area contributed by atoms with Crippen LogP contribution in [0.5, 0.6) is 0 Å². The summed E-state index contributed by atoms with van der Waals surface area (Å²) < 4.78 is 44.7. The normalized spacial score (nSPS) is 19.5. The lowest BCUT2D eigenvalue weighted by atomic mass is 9.76. The van der Waals surface area contributed by atoms with Gasteiger partial charge in [-0.05, 0) is 65.0 Å². The van der Waals surface area contributed by atoms with E-state index in [2.05, 4.69) is 19.1 Å². The summed E-state index contributed by atoms with van der Waals surface area (Å²) >= 11 is 0. The maximum absolute atomic E-state index is 15.4. The van der Waals surface area contributed by atoms with Crippen molar-refractivity contribution in [1.29, 1.82) is 0 Å². The van der Waals surface area contributed by atoms with E-state index in [0.29, 0.717) is 34.6 Å². The van der Waals surface area contributed by atoms with Gasteiger partial charge in [0.05, 0.1) is 0 Å². The molecular formula is C28H27F3. The van der Waals surface area contributed by atoms with Crippen molar-refractivity contribution in [3.63, 3.8) is 0 Å². The quantitative estimate of drug-likeness (QED) is 0.310. The predicted molar refractivity (Wildman–Crippen MR) is 121 cm³/mol. The average Bonchev–Trinajstić information content (AvgIpc) is 2.77. The second-order valence-corrected chi connectivity index (χ2v) is 9.26. The number of fused-ring (bicyclic) bond motifs is 4. The first kappa shape index (κ1) is 20.4. The van der Waals surface area contributed by atoms with E-state index < -0.39 is 17.5 Å². The summed E-state index contributed by atoms with van der Waals surface area (Å²) in [7, 11) is 0. The minimum absolute atomic E-state index is 0.0830. The van der Waals surface area contributed by atoms with Crippen molar-refractivity contribution in [2.24, 2.45) is 5.92 Å². The monoisotopic (exact) mass is 420 g/mol. The minimum Gasteiger partial charge on any atom is -0.206 e. The molecule has 1 fully saturated rings. The Balaban J connectivity index is 1.48. The summed E-state index contributed by atoms with van der Waals surface area (Å²) in [5, 5.41) is 0. The summed E-state index contributed by atoms with van der Waals surface area (Å²) in [4.78, 5) is 0. The van der Waals surface area contributed by atoms with Crippen molar-refractivity contribution in [3.05, 3.63) is 71.0 Å². The SMILES string of the molecule is CCCc1cc2c(c(F)c1F)-c1c-2ccc(-c2ccc(C3CCC(C)CC3)cc2)c1F. The summed E-state index contributed by atoms with van der Waals surface area (Å²) in [5.74, 6) is -0.856. The number of aryl methyl sites for hydroxylation is 1. The number of hydrogen-bond acceptors (Lipinski definition) is 0. The smallest absolute Gasteiger partial charge is 0.167 e. The minimum atomic E-state index is -0.925. The third kappa shape index (κ3) is 3.30. The molecule has 0 spiro atoms. The Morgan fingerprint density at radius 2 is 1.39 bits per heavy atom. The Kier molecular flexibility index (Phi) is 5.16. The van der Waals surface area contributed by atoms with Crippen molar-refractivity contribution >= 4 is 0 Å². The molecule has 3 aromatic rings. The zero-order valence-electron chi connectivity index (χ0n) is 18.1. The molecule has 0 aliphatic heterocycles. The van der Waals surface area contributed by atoms with Crippen LogP contribution in [0.1, 0.15) is 63.0 Å². The Hall–Kier alpha value is -2.55. The highest BCUT2D eigenvalue weighted by Crippen LogP contribution is 2.52. The van der Waals surface area contributed by atoms with Gasteiger partial charge in [0.25, 0.3) is 0 Å². The van der Waals surface area contributed by atoms with Crippen LogP contribution >= 0.6 is 0 Å². The van der Waals surface area contributed by atoms with Crippen LogP contribution < -0.4 is 0 Å². The predicted octanol–water partition coefficient (Wildman–Crippen LogP) is 8.66. The highest BCUT2D eigenvalue weighted by atomic mass is 19.2. The highest BCUT2D eigenvalue weighted by molar-refractivity contribution is 6.04. The Morgan fingerprint density at radius 1 is 0.742 bits per heavy atom. The fourth-order valence-electron chi connectivity index (χ4n) is 5.32. The van der Waals surface area contributed by atoms with Crippen LogP contribution in [0.3, 0.4) is 0 Å². The van der Waals surface area contributed by atoms with E-state index in [9.17, 15) is 8.78 Å². The zero-order valence-corrected chi connectivity index (χ0v) is 18.1. The van der Waals surface area contributed by atoms with E-state index in [4.69, 9.17) is 0 Å². The van der Waals surface area contributed by atoms with E-state index in [0.717, 1.165) is 17.9 Å². The number of benzene rings is 3. The Labute approximate surface area is 182 Å². The van der Waals surface area contributed by atoms with Gasteiger partial charge in [-0.25, -0.2) is 13.2 Å². The summed E-state index contributed by atoms with van der Waals surface area (Å²) in [6, 6.07) is 13.4. The maximum Gasteiger partial charge on any atom is 0.167 e. The molecule has 3 heteroatoms. The van der Waals surface area contributed by atoms with E-state index in [1.54, 1.807) is 12.1 Å². The summed E-state index contributed by atoms with van der Waals surface area (Å²) in [5.41, 5.74) is 4.45. The van der Waals surface area contributed by atoms with Crippen LogP contribution in [0.25, 0.3) is 33.4 Å². The molecule has 0 nitrogen and oxygen atoms in total. The molecule has 2 aliphatic rings. The van der Waals surface area contributed by atoms with Gasteiger partial charge in [-0.3, -0.25) is 0 Å². The molecule has 2 aliphatic carbocycles. The van der Waals surface area contributed by atoms with Crippen molar-refractivity contribution in [1.82, 2.24) is 0 Å². The van der Waals surface area contributed by atoms with Crippen molar-refractivity contribution in [2.75, 3.05) is 0 Å². The lowest BCUT2D eigenvalue weighted by molar-refractivity contribution is 0.348. The van der Waals surface area contributed by atoms with Crippen LogP contribution in [0.15, 0.2) is 42.5 Å². The van der Waals surface area contributed by atoms with Crippen LogP contribution in [0.2, 0.25) is 0 Å². The molecule has 0 aromatic heterocycles. The first-order valence-corrected chi connectivity index (χ1v) is 11.4. The van der Waals surface area contributed by atoms with E-state index in [1.807, 2.05) is 25.1 Å². The zero-order chi connectivity index (χ0) is 21.7. The van der Waals surface area contributed by atoms with Gasteiger partial charge >= 0.3 is 0 Å². The van der Waals surface area contributed by atoms with Gasteiger partial charge in [0.15, 0.2) is 11.6 Å². The van der Waals surface area contributed by atoms with Gasteiger partial charge in [0, 0.05) is 16.7 Å². The Morgan fingerprint density at radius 3 is 2.06 bits per heavy atom. The third-order valence-corrected chi connectivity index (χ3v) is 7.19. The van der Waals surface area contributed by atoms with E-state index >= 15 is 4.39 Å². The van der Waals surface area contributed by atoms with Gasteiger partial charge < -0.3 is 0 Å². The molecule has 0 N–H and O–H groups in total. The van der Waals surface area contributed by atoms with E-state index in [1.165, 1.54) is 31.2 Å². The van der Waals surface area contributed by atoms with Gasteiger partial charge in [0.1, 0.15) is 5.82 Å².